The fourth-order valence-electron chi connectivity index (χ4n) is 1.57. The molecule has 1 rings (SSSR count). The van der Waals surface area contributed by atoms with Crippen LogP contribution in [0.1, 0.15) is 25.6 Å². The zero-order valence-electron chi connectivity index (χ0n) is 10.6. The molecular formula is C11H21N3O2S. The molecule has 0 spiro atoms. The highest BCUT2D eigenvalue weighted by molar-refractivity contribution is 7.71. The first kappa shape index (κ1) is 14.3. The van der Waals surface area contributed by atoms with Crippen LogP contribution in [-0.4, -0.2) is 41.7 Å². The van der Waals surface area contributed by atoms with Gasteiger partial charge in [-0.05, 0) is 25.1 Å². The average molecular weight is 259 g/mol. The Morgan fingerprint density at radius 2 is 2.12 bits per heavy atom. The van der Waals surface area contributed by atoms with Crippen molar-refractivity contribution in [3.8, 4) is 0 Å². The number of hydrogen-bond acceptors (Lipinski definition) is 4. The molecule has 0 aliphatic heterocycles. The van der Waals surface area contributed by atoms with E-state index < -0.39 is 0 Å². The van der Waals surface area contributed by atoms with E-state index in [2.05, 4.69) is 21.7 Å². The highest BCUT2D eigenvalue weighted by Gasteiger charge is 2.02. The molecule has 1 aromatic rings. The summed E-state index contributed by atoms with van der Waals surface area (Å²) >= 11 is 5.17. The highest BCUT2D eigenvalue weighted by atomic mass is 32.1. The summed E-state index contributed by atoms with van der Waals surface area (Å²) in [5.41, 5.74) is 0. The van der Waals surface area contributed by atoms with Gasteiger partial charge in [0.1, 0.15) is 5.82 Å². The number of aromatic nitrogens is 3. The van der Waals surface area contributed by atoms with Gasteiger partial charge in [0.05, 0.1) is 13.2 Å². The van der Waals surface area contributed by atoms with Gasteiger partial charge in [0.25, 0.3) is 0 Å². The third kappa shape index (κ3) is 4.97. The molecule has 0 amide bonds. The fraction of sp³-hybridized carbons (Fsp3) is 0.818. The van der Waals surface area contributed by atoms with E-state index in [9.17, 15) is 0 Å². The lowest BCUT2D eigenvalue weighted by Gasteiger charge is -2.06. The van der Waals surface area contributed by atoms with Gasteiger partial charge in [-0.1, -0.05) is 6.92 Å². The van der Waals surface area contributed by atoms with Gasteiger partial charge in [0.15, 0.2) is 4.77 Å². The summed E-state index contributed by atoms with van der Waals surface area (Å²) < 4.78 is 13.1. The molecule has 0 unspecified atom stereocenters. The topological polar surface area (TPSA) is 52.1 Å². The summed E-state index contributed by atoms with van der Waals surface area (Å²) in [6.07, 6.45) is 2.98. The lowest BCUT2D eigenvalue weighted by molar-refractivity contribution is 0.0684. The molecule has 1 N–H and O–H groups in total. The van der Waals surface area contributed by atoms with E-state index >= 15 is 0 Å². The normalized spacial score (nSPS) is 10.9. The molecule has 0 radical (unpaired) electrons. The van der Waals surface area contributed by atoms with E-state index in [1.807, 2.05) is 0 Å². The largest absolute Gasteiger partial charge is 0.382 e. The molecule has 6 heteroatoms. The van der Waals surface area contributed by atoms with Crippen molar-refractivity contribution in [1.29, 1.82) is 0 Å². The monoisotopic (exact) mass is 259 g/mol. The molecule has 0 saturated carbocycles. The number of nitrogens with zero attached hydrogens (tertiary/aromatic N) is 2. The van der Waals surface area contributed by atoms with Crippen LogP contribution in [0.3, 0.4) is 0 Å². The number of aromatic amines is 1. The maximum absolute atomic E-state index is 5.40. The lowest BCUT2D eigenvalue weighted by Crippen LogP contribution is -2.06. The maximum Gasteiger partial charge on any atom is 0.195 e. The van der Waals surface area contributed by atoms with Gasteiger partial charge in [0, 0.05) is 26.7 Å². The molecule has 17 heavy (non-hydrogen) atoms. The summed E-state index contributed by atoms with van der Waals surface area (Å²) in [6.45, 7) is 5.09. The first-order valence-corrected chi connectivity index (χ1v) is 6.41. The van der Waals surface area contributed by atoms with Crippen molar-refractivity contribution in [2.24, 2.45) is 0 Å². The molecule has 0 atom stereocenters. The maximum atomic E-state index is 5.40. The Morgan fingerprint density at radius 3 is 2.82 bits per heavy atom. The second kappa shape index (κ2) is 8.38. The number of unbranched alkanes of at least 4 members (excludes halogenated alkanes) is 1. The fourth-order valence-corrected chi connectivity index (χ4v) is 1.81. The van der Waals surface area contributed by atoms with Gasteiger partial charge in [-0.2, -0.15) is 5.10 Å². The molecule has 98 valence electrons. The van der Waals surface area contributed by atoms with Crippen LogP contribution in [0.15, 0.2) is 0 Å². The van der Waals surface area contributed by atoms with Gasteiger partial charge in [-0.3, -0.25) is 5.10 Å². The lowest BCUT2D eigenvalue weighted by atomic mass is 10.3. The number of rotatable bonds is 9. The Hall–Kier alpha value is -0.720. The molecular weight excluding hydrogens is 238 g/mol. The number of hydrogen-bond donors (Lipinski definition) is 1. The third-order valence-electron chi connectivity index (χ3n) is 2.51. The number of H-pyrrole nitrogens is 1. The predicted octanol–water partition coefficient (Wildman–Crippen LogP) is 1.95. The number of methoxy groups -OCH3 is 1. The summed E-state index contributed by atoms with van der Waals surface area (Å²) in [5, 5.41) is 7.00. The Balaban J connectivity index is 2.17. The van der Waals surface area contributed by atoms with Gasteiger partial charge < -0.3 is 14.0 Å². The summed E-state index contributed by atoms with van der Waals surface area (Å²) in [5.74, 6) is 1.02. The molecule has 1 aromatic heterocycles. The molecule has 0 bridgehead atoms. The van der Waals surface area contributed by atoms with Crippen molar-refractivity contribution in [3.63, 3.8) is 0 Å². The number of aryl methyl sites for hydroxylation is 1. The highest BCUT2D eigenvalue weighted by Crippen LogP contribution is 2.02. The van der Waals surface area contributed by atoms with Gasteiger partial charge in [-0.15, -0.1) is 0 Å². The minimum absolute atomic E-state index is 0.659. The minimum Gasteiger partial charge on any atom is -0.382 e. The van der Waals surface area contributed by atoms with Crippen molar-refractivity contribution in [2.75, 3.05) is 26.9 Å². The summed E-state index contributed by atoms with van der Waals surface area (Å²) in [4.78, 5) is 0. The van der Waals surface area contributed by atoms with E-state index in [-0.39, 0.29) is 0 Å². The Morgan fingerprint density at radius 1 is 1.29 bits per heavy atom. The Labute approximate surface area is 107 Å². The van der Waals surface area contributed by atoms with Crippen LogP contribution >= 0.6 is 12.2 Å². The van der Waals surface area contributed by atoms with E-state index in [1.165, 1.54) is 0 Å². The molecule has 0 fully saturated rings. The summed E-state index contributed by atoms with van der Waals surface area (Å²) in [7, 11) is 1.68. The third-order valence-corrected chi connectivity index (χ3v) is 2.82. The smallest absolute Gasteiger partial charge is 0.195 e. The van der Waals surface area contributed by atoms with E-state index in [4.69, 9.17) is 21.7 Å². The SMILES string of the molecule is CCc1n[nH]c(=S)n1CCCCOCCOC. The van der Waals surface area contributed by atoms with Crippen molar-refractivity contribution in [1.82, 2.24) is 14.8 Å². The average Bonchev–Trinajstić information content (AvgIpc) is 2.69. The van der Waals surface area contributed by atoms with Crippen LogP contribution in [0.4, 0.5) is 0 Å². The molecule has 0 aliphatic carbocycles. The quantitative estimate of drug-likeness (QED) is 0.544. The van der Waals surface area contributed by atoms with Gasteiger partial charge in [0.2, 0.25) is 0 Å². The van der Waals surface area contributed by atoms with Crippen molar-refractivity contribution < 1.29 is 9.47 Å². The van der Waals surface area contributed by atoms with Crippen LogP contribution in [0.25, 0.3) is 0 Å². The van der Waals surface area contributed by atoms with Gasteiger partial charge in [-0.25, -0.2) is 0 Å². The second-order valence-corrected chi connectivity index (χ2v) is 4.15. The first-order chi connectivity index (χ1) is 8.29. The van der Waals surface area contributed by atoms with Crippen LogP contribution < -0.4 is 0 Å². The molecule has 0 saturated heterocycles. The Kier molecular flexibility index (Phi) is 7.07. The van der Waals surface area contributed by atoms with Crippen molar-refractivity contribution in [3.05, 3.63) is 10.6 Å². The van der Waals surface area contributed by atoms with Crippen molar-refractivity contribution in [2.45, 2.75) is 32.7 Å². The second-order valence-electron chi connectivity index (χ2n) is 3.76. The predicted molar refractivity (Wildman–Crippen MR) is 68.7 cm³/mol. The molecule has 0 aliphatic rings. The first-order valence-electron chi connectivity index (χ1n) is 6.00. The number of ether oxygens (including phenoxy) is 2. The van der Waals surface area contributed by atoms with Crippen LogP contribution in [0, 0.1) is 4.77 Å². The minimum atomic E-state index is 0.659. The van der Waals surface area contributed by atoms with E-state index in [1.54, 1.807) is 7.11 Å². The molecule has 1 heterocycles. The zero-order valence-corrected chi connectivity index (χ0v) is 11.4. The van der Waals surface area contributed by atoms with Crippen LogP contribution in [-0.2, 0) is 22.4 Å². The number of nitrogens with one attached hydrogen (secondary N) is 1. The van der Waals surface area contributed by atoms with Crippen molar-refractivity contribution >= 4 is 12.2 Å². The van der Waals surface area contributed by atoms with E-state index in [0.717, 1.165) is 38.2 Å². The molecule has 0 aromatic carbocycles. The standard InChI is InChI=1S/C11H21N3O2S/c1-3-10-12-13-11(17)14(10)6-4-5-7-16-9-8-15-2/h3-9H2,1-2H3,(H,13,17). The van der Waals surface area contributed by atoms with Gasteiger partial charge >= 0.3 is 0 Å². The van der Waals surface area contributed by atoms with Crippen LogP contribution in [0.2, 0.25) is 0 Å². The van der Waals surface area contributed by atoms with E-state index in [0.29, 0.717) is 18.0 Å². The molecule has 5 nitrogen and oxygen atoms in total. The summed E-state index contributed by atoms with van der Waals surface area (Å²) in [6, 6.07) is 0. The zero-order chi connectivity index (χ0) is 12.5. The van der Waals surface area contributed by atoms with Crippen LogP contribution in [0.5, 0.6) is 0 Å². The Bertz CT molecular complexity index is 362.